The van der Waals surface area contributed by atoms with Crippen LogP contribution in [-0.2, 0) is 6.42 Å². The quantitative estimate of drug-likeness (QED) is 0.848. The number of hydrogen-bond donors (Lipinski definition) is 1. The van der Waals surface area contributed by atoms with Crippen LogP contribution in [0, 0.1) is 12.7 Å². The summed E-state index contributed by atoms with van der Waals surface area (Å²) in [5.41, 5.74) is 3.83. The van der Waals surface area contributed by atoms with E-state index in [1.54, 1.807) is 17.4 Å². The van der Waals surface area contributed by atoms with E-state index in [2.05, 4.69) is 17.2 Å². The number of nitrogens with zero attached hydrogens (tertiary/aromatic N) is 1. The molecule has 0 bridgehead atoms. The van der Waals surface area contributed by atoms with Crippen molar-refractivity contribution in [1.82, 2.24) is 10.3 Å². The fourth-order valence-corrected chi connectivity index (χ4v) is 3.12. The summed E-state index contributed by atoms with van der Waals surface area (Å²) in [6, 6.07) is 5.17. The van der Waals surface area contributed by atoms with E-state index in [4.69, 9.17) is 11.6 Å². The number of thiazole rings is 1. The second-order valence-corrected chi connectivity index (χ2v) is 6.05. The summed E-state index contributed by atoms with van der Waals surface area (Å²) in [5.74, 6) is -0.362. The Labute approximate surface area is 128 Å². The minimum Gasteiger partial charge on any atom is -0.309 e. The summed E-state index contributed by atoms with van der Waals surface area (Å²) in [7, 11) is 0. The predicted molar refractivity (Wildman–Crippen MR) is 83.0 cm³/mol. The third-order valence-corrected chi connectivity index (χ3v) is 4.51. The molecule has 0 saturated heterocycles. The zero-order chi connectivity index (χ0) is 14.5. The predicted octanol–water partition coefficient (Wildman–Crippen LogP) is 4.53. The Morgan fingerprint density at radius 3 is 2.85 bits per heavy atom. The van der Waals surface area contributed by atoms with Gasteiger partial charge in [-0.15, -0.1) is 11.3 Å². The zero-order valence-electron chi connectivity index (χ0n) is 11.6. The van der Waals surface area contributed by atoms with E-state index in [1.165, 1.54) is 10.9 Å². The lowest BCUT2D eigenvalue weighted by molar-refractivity contribution is 0.531. The largest absolute Gasteiger partial charge is 0.309 e. The SMILES string of the molecule is CCCNC(Cc1ccc(Cl)c(F)c1)c1scnc1C. The molecule has 1 aromatic carbocycles. The second kappa shape index (κ2) is 7.16. The number of hydrogen-bond acceptors (Lipinski definition) is 3. The van der Waals surface area contributed by atoms with Crippen molar-refractivity contribution in [2.75, 3.05) is 6.54 Å². The first kappa shape index (κ1) is 15.4. The van der Waals surface area contributed by atoms with Gasteiger partial charge < -0.3 is 5.32 Å². The van der Waals surface area contributed by atoms with Crippen LogP contribution in [0.1, 0.15) is 35.5 Å². The number of halogens is 2. The van der Waals surface area contributed by atoms with E-state index in [1.807, 2.05) is 18.5 Å². The molecule has 0 amide bonds. The molecule has 1 N–H and O–H groups in total. The molecular formula is C15H18ClFN2S. The van der Waals surface area contributed by atoms with E-state index in [9.17, 15) is 4.39 Å². The Kier molecular flexibility index (Phi) is 5.52. The molecule has 5 heteroatoms. The van der Waals surface area contributed by atoms with Crippen LogP contribution in [-0.4, -0.2) is 11.5 Å². The minimum absolute atomic E-state index is 0.167. The fourth-order valence-electron chi connectivity index (χ4n) is 2.12. The van der Waals surface area contributed by atoms with Crippen LogP contribution in [0.4, 0.5) is 4.39 Å². The van der Waals surface area contributed by atoms with Crippen molar-refractivity contribution >= 4 is 22.9 Å². The van der Waals surface area contributed by atoms with Crippen molar-refractivity contribution in [3.8, 4) is 0 Å². The lowest BCUT2D eigenvalue weighted by Crippen LogP contribution is -2.24. The smallest absolute Gasteiger partial charge is 0.142 e. The summed E-state index contributed by atoms with van der Waals surface area (Å²) in [5, 5.41) is 3.68. The molecule has 1 aromatic heterocycles. The second-order valence-electron chi connectivity index (χ2n) is 4.76. The summed E-state index contributed by atoms with van der Waals surface area (Å²) < 4.78 is 13.5. The van der Waals surface area contributed by atoms with Crippen molar-refractivity contribution in [3.63, 3.8) is 0 Å². The van der Waals surface area contributed by atoms with Crippen LogP contribution in [0.25, 0.3) is 0 Å². The first-order chi connectivity index (χ1) is 9.61. The molecule has 0 fully saturated rings. The van der Waals surface area contributed by atoms with Crippen molar-refractivity contribution in [2.45, 2.75) is 32.7 Å². The number of aromatic nitrogens is 1. The monoisotopic (exact) mass is 312 g/mol. The highest BCUT2D eigenvalue weighted by Crippen LogP contribution is 2.26. The average molecular weight is 313 g/mol. The van der Waals surface area contributed by atoms with Gasteiger partial charge in [-0.2, -0.15) is 0 Å². The minimum atomic E-state index is -0.362. The zero-order valence-corrected chi connectivity index (χ0v) is 13.2. The molecule has 2 nitrogen and oxygen atoms in total. The highest BCUT2D eigenvalue weighted by molar-refractivity contribution is 7.09. The molecule has 0 radical (unpaired) electrons. The third kappa shape index (κ3) is 3.78. The molecule has 1 heterocycles. The molecule has 1 atom stereocenters. The van der Waals surface area contributed by atoms with Crippen LogP contribution in [0.3, 0.4) is 0 Å². The molecule has 0 aliphatic rings. The normalized spacial score (nSPS) is 12.6. The number of benzene rings is 1. The van der Waals surface area contributed by atoms with Gasteiger partial charge in [-0.1, -0.05) is 24.6 Å². The van der Waals surface area contributed by atoms with Gasteiger partial charge in [-0.25, -0.2) is 9.37 Å². The van der Waals surface area contributed by atoms with E-state index in [-0.39, 0.29) is 16.9 Å². The number of rotatable bonds is 6. The van der Waals surface area contributed by atoms with Gasteiger partial charge in [-0.05, 0) is 44.0 Å². The van der Waals surface area contributed by atoms with E-state index < -0.39 is 0 Å². The molecule has 20 heavy (non-hydrogen) atoms. The molecule has 2 rings (SSSR count). The Hall–Kier alpha value is -0.970. The average Bonchev–Trinajstić information content (AvgIpc) is 2.85. The maximum absolute atomic E-state index is 13.5. The van der Waals surface area contributed by atoms with Gasteiger partial charge in [-0.3, -0.25) is 0 Å². The Bertz CT molecular complexity index is 571. The van der Waals surface area contributed by atoms with Gasteiger partial charge >= 0.3 is 0 Å². The van der Waals surface area contributed by atoms with Crippen molar-refractivity contribution in [2.24, 2.45) is 0 Å². The lowest BCUT2D eigenvalue weighted by atomic mass is 10.0. The van der Waals surface area contributed by atoms with Crippen molar-refractivity contribution in [1.29, 1.82) is 0 Å². The Morgan fingerprint density at radius 1 is 1.45 bits per heavy atom. The first-order valence-corrected chi connectivity index (χ1v) is 7.95. The molecule has 0 aliphatic heterocycles. The Balaban J connectivity index is 2.19. The Morgan fingerprint density at radius 2 is 2.25 bits per heavy atom. The van der Waals surface area contributed by atoms with Crippen molar-refractivity contribution < 1.29 is 4.39 Å². The van der Waals surface area contributed by atoms with Gasteiger partial charge in [0, 0.05) is 10.9 Å². The van der Waals surface area contributed by atoms with Crippen LogP contribution < -0.4 is 5.32 Å². The number of aryl methyl sites for hydroxylation is 1. The van der Waals surface area contributed by atoms with Gasteiger partial charge in [0.1, 0.15) is 5.82 Å². The van der Waals surface area contributed by atoms with Gasteiger partial charge in [0.15, 0.2) is 0 Å². The third-order valence-electron chi connectivity index (χ3n) is 3.16. The fraction of sp³-hybridized carbons (Fsp3) is 0.400. The van der Waals surface area contributed by atoms with Crippen molar-refractivity contribution in [3.05, 3.63) is 50.7 Å². The number of nitrogens with one attached hydrogen (secondary N) is 1. The summed E-state index contributed by atoms with van der Waals surface area (Å²) in [6.07, 6.45) is 1.79. The highest BCUT2D eigenvalue weighted by atomic mass is 35.5. The maximum atomic E-state index is 13.5. The van der Waals surface area contributed by atoms with Crippen LogP contribution in [0.15, 0.2) is 23.7 Å². The molecule has 108 valence electrons. The molecule has 0 spiro atoms. The highest BCUT2D eigenvalue weighted by Gasteiger charge is 2.16. The van der Waals surface area contributed by atoms with Crippen LogP contribution in [0.5, 0.6) is 0 Å². The summed E-state index contributed by atoms with van der Waals surface area (Å²) >= 11 is 7.37. The summed E-state index contributed by atoms with van der Waals surface area (Å²) in [6.45, 7) is 5.07. The van der Waals surface area contributed by atoms with Crippen LogP contribution >= 0.6 is 22.9 Å². The molecule has 1 unspecified atom stereocenters. The van der Waals surface area contributed by atoms with E-state index in [0.717, 1.165) is 30.6 Å². The molecule has 2 aromatic rings. The maximum Gasteiger partial charge on any atom is 0.142 e. The lowest BCUT2D eigenvalue weighted by Gasteiger charge is -2.18. The van der Waals surface area contributed by atoms with Gasteiger partial charge in [0.05, 0.1) is 16.2 Å². The van der Waals surface area contributed by atoms with Gasteiger partial charge in [0.25, 0.3) is 0 Å². The molecule has 0 aliphatic carbocycles. The van der Waals surface area contributed by atoms with Crippen LogP contribution in [0.2, 0.25) is 5.02 Å². The standard InChI is InChI=1S/C15H18ClFN2S/c1-3-6-18-14(15-10(2)19-9-20-15)8-11-4-5-12(16)13(17)7-11/h4-5,7,9,14,18H,3,6,8H2,1-2H3. The molecule has 0 saturated carbocycles. The van der Waals surface area contributed by atoms with Gasteiger partial charge in [0.2, 0.25) is 0 Å². The van der Waals surface area contributed by atoms with E-state index in [0.29, 0.717) is 0 Å². The molecular weight excluding hydrogens is 295 g/mol. The summed E-state index contributed by atoms with van der Waals surface area (Å²) in [4.78, 5) is 5.52. The topological polar surface area (TPSA) is 24.9 Å². The first-order valence-electron chi connectivity index (χ1n) is 6.69. The van der Waals surface area contributed by atoms with E-state index >= 15 is 0 Å².